The maximum Gasteiger partial charge on any atom is 0.147 e. The molecule has 0 spiro atoms. The number of hydrogen-bond acceptors (Lipinski definition) is 5. The van der Waals surface area contributed by atoms with Crippen LogP contribution >= 0.6 is 0 Å². The van der Waals surface area contributed by atoms with Gasteiger partial charge in [-0.05, 0) is 32.9 Å². The normalized spacial score (nSPS) is 16.3. The summed E-state index contributed by atoms with van der Waals surface area (Å²) in [5, 5.41) is 0. The minimum absolute atomic E-state index is 0.616. The number of aryl methyl sites for hydroxylation is 1. The van der Waals surface area contributed by atoms with Crippen molar-refractivity contribution in [1.29, 1.82) is 0 Å². The fourth-order valence-corrected chi connectivity index (χ4v) is 2.81. The zero-order valence-electron chi connectivity index (χ0n) is 13.5. The molecule has 0 saturated carbocycles. The molecular weight excluding hydrogens is 274 g/mol. The second-order valence-electron chi connectivity index (χ2n) is 6.06. The summed E-state index contributed by atoms with van der Waals surface area (Å²) in [6, 6.07) is 4.62. The summed E-state index contributed by atoms with van der Waals surface area (Å²) in [6.45, 7) is 10.7. The molecule has 0 amide bonds. The monoisotopic (exact) mass is 297 g/mol. The molecule has 3 rings (SSSR count). The fourth-order valence-electron chi connectivity index (χ4n) is 2.81. The van der Waals surface area contributed by atoms with Gasteiger partial charge in [-0.2, -0.15) is 0 Å². The van der Waals surface area contributed by atoms with E-state index in [2.05, 4.69) is 38.6 Å². The van der Waals surface area contributed by atoms with Gasteiger partial charge in [0.05, 0.1) is 18.1 Å². The molecule has 0 aliphatic carbocycles. The van der Waals surface area contributed by atoms with Crippen LogP contribution in [0.25, 0.3) is 11.3 Å². The van der Waals surface area contributed by atoms with Crippen LogP contribution < -0.4 is 4.90 Å². The molecule has 0 radical (unpaired) electrons. The first-order chi connectivity index (χ1) is 10.6. The number of nitrogens with zero attached hydrogens (tertiary/aromatic N) is 5. The number of pyridine rings is 1. The third-order valence-corrected chi connectivity index (χ3v) is 4.20. The van der Waals surface area contributed by atoms with Crippen LogP contribution in [0.2, 0.25) is 0 Å². The summed E-state index contributed by atoms with van der Waals surface area (Å²) >= 11 is 0. The molecule has 5 nitrogen and oxygen atoms in total. The van der Waals surface area contributed by atoms with Crippen LogP contribution in [-0.2, 0) is 0 Å². The van der Waals surface area contributed by atoms with Gasteiger partial charge in [0.15, 0.2) is 0 Å². The molecule has 1 aliphatic heterocycles. The van der Waals surface area contributed by atoms with Gasteiger partial charge in [0.25, 0.3) is 0 Å². The van der Waals surface area contributed by atoms with Crippen LogP contribution in [-0.4, -0.2) is 52.1 Å². The second kappa shape index (κ2) is 6.40. The molecule has 2 aromatic heterocycles. The highest BCUT2D eigenvalue weighted by Crippen LogP contribution is 2.19. The molecule has 0 unspecified atom stereocenters. The highest BCUT2D eigenvalue weighted by atomic mass is 15.3. The zero-order chi connectivity index (χ0) is 15.5. The van der Waals surface area contributed by atoms with Gasteiger partial charge in [-0.15, -0.1) is 0 Å². The lowest BCUT2D eigenvalue weighted by molar-refractivity contribution is 0.209. The number of hydrogen-bond donors (Lipinski definition) is 0. The first-order valence-electron chi connectivity index (χ1n) is 7.87. The fraction of sp³-hybridized carbons (Fsp3) is 0.471. The summed E-state index contributed by atoms with van der Waals surface area (Å²) in [5.74, 6) is 0.970. The molecule has 1 saturated heterocycles. The summed E-state index contributed by atoms with van der Waals surface area (Å²) in [7, 11) is 0. The van der Waals surface area contributed by atoms with E-state index in [1.54, 1.807) is 0 Å². The zero-order valence-corrected chi connectivity index (χ0v) is 13.5. The van der Waals surface area contributed by atoms with Crippen molar-refractivity contribution in [3.63, 3.8) is 0 Å². The van der Waals surface area contributed by atoms with E-state index in [9.17, 15) is 0 Å². The average Bonchev–Trinajstić information content (AvgIpc) is 2.55. The number of anilines is 1. The Morgan fingerprint density at radius 3 is 2.36 bits per heavy atom. The van der Waals surface area contributed by atoms with Crippen LogP contribution in [0.1, 0.15) is 19.5 Å². The first-order valence-corrected chi connectivity index (χ1v) is 7.87. The average molecular weight is 297 g/mol. The minimum atomic E-state index is 0.616. The van der Waals surface area contributed by atoms with Gasteiger partial charge < -0.3 is 4.90 Å². The largest absolute Gasteiger partial charge is 0.353 e. The Kier molecular flexibility index (Phi) is 4.34. The molecule has 0 bridgehead atoms. The highest BCUT2D eigenvalue weighted by Gasteiger charge is 2.19. The van der Waals surface area contributed by atoms with Crippen molar-refractivity contribution in [3.05, 3.63) is 36.4 Å². The highest BCUT2D eigenvalue weighted by molar-refractivity contribution is 5.58. The van der Waals surface area contributed by atoms with E-state index in [0.29, 0.717) is 6.04 Å². The van der Waals surface area contributed by atoms with Crippen molar-refractivity contribution in [2.45, 2.75) is 26.8 Å². The predicted molar refractivity (Wildman–Crippen MR) is 88.9 cm³/mol. The molecule has 22 heavy (non-hydrogen) atoms. The van der Waals surface area contributed by atoms with Gasteiger partial charge in [-0.1, -0.05) is 0 Å². The van der Waals surface area contributed by atoms with Crippen LogP contribution in [0.3, 0.4) is 0 Å². The molecule has 0 N–H and O–H groups in total. The molecule has 116 valence electrons. The van der Waals surface area contributed by atoms with Gasteiger partial charge in [0.1, 0.15) is 5.82 Å². The third-order valence-electron chi connectivity index (χ3n) is 4.20. The lowest BCUT2D eigenvalue weighted by atomic mass is 10.2. The van der Waals surface area contributed by atoms with E-state index >= 15 is 0 Å². The van der Waals surface area contributed by atoms with Crippen molar-refractivity contribution in [3.8, 4) is 11.3 Å². The summed E-state index contributed by atoms with van der Waals surface area (Å²) in [5.41, 5.74) is 2.96. The number of rotatable bonds is 3. The van der Waals surface area contributed by atoms with E-state index in [-0.39, 0.29) is 0 Å². The maximum atomic E-state index is 4.60. The van der Waals surface area contributed by atoms with Crippen molar-refractivity contribution in [2.75, 3.05) is 31.1 Å². The minimum Gasteiger partial charge on any atom is -0.353 e. The van der Waals surface area contributed by atoms with Crippen LogP contribution in [0, 0.1) is 6.92 Å². The van der Waals surface area contributed by atoms with E-state index in [0.717, 1.165) is 48.9 Å². The van der Waals surface area contributed by atoms with Crippen molar-refractivity contribution in [2.24, 2.45) is 0 Å². The molecule has 5 heteroatoms. The lowest BCUT2D eigenvalue weighted by Gasteiger charge is -2.37. The van der Waals surface area contributed by atoms with E-state index in [4.69, 9.17) is 0 Å². The second-order valence-corrected chi connectivity index (χ2v) is 6.06. The number of piperazine rings is 1. The smallest absolute Gasteiger partial charge is 0.147 e. The van der Waals surface area contributed by atoms with E-state index in [1.165, 1.54) is 0 Å². The maximum absolute atomic E-state index is 4.60. The summed E-state index contributed by atoms with van der Waals surface area (Å²) in [6.07, 6.45) is 5.56. The molecule has 3 heterocycles. The Morgan fingerprint density at radius 2 is 1.77 bits per heavy atom. The van der Waals surface area contributed by atoms with Crippen LogP contribution in [0.4, 0.5) is 5.82 Å². The van der Waals surface area contributed by atoms with Gasteiger partial charge in [-0.3, -0.25) is 14.9 Å². The Morgan fingerprint density at radius 1 is 1.00 bits per heavy atom. The molecule has 1 aliphatic rings. The Hall–Kier alpha value is -2.01. The van der Waals surface area contributed by atoms with Gasteiger partial charge in [0, 0.05) is 49.7 Å². The van der Waals surface area contributed by atoms with Crippen LogP contribution in [0.5, 0.6) is 0 Å². The van der Waals surface area contributed by atoms with Gasteiger partial charge in [0.2, 0.25) is 0 Å². The molecular formula is C17H23N5. The lowest BCUT2D eigenvalue weighted by Crippen LogP contribution is -2.49. The molecule has 2 aromatic rings. The van der Waals surface area contributed by atoms with Gasteiger partial charge in [-0.25, -0.2) is 4.98 Å². The van der Waals surface area contributed by atoms with Crippen LogP contribution in [0.15, 0.2) is 30.7 Å². The van der Waals surface area contributed by atoms with Gasteiger partial charge >= 0.3 is 0 Å². The summed E-state index contributed by atoms with van der Waals surface area (Å²) in [4.78, 5) is 18.2. The quantitative estimate of drug-likeness (QED) is 0.870. The molecule has 1 fully saturated rings. The topological polar surface area (TPSA) is 45.2 Å². The molecule has 0 aromatic carbocycles. The van der Waals surface area contributed by atoms with Crippen molar-refractivity contribution >= 4 is 5.82 Å². The van der Waals surface area contributed by atoms with E-state index < -0.39 is 0 Å². The van der Waals surface area contributed by atoms with Crippen molar-refractivity contribution < 1.29 is 0 Å². The predicted octanol–water partition coefficient (Wildman–Crippen LogP) is 2.38. The Bertz CT molecular complexity index is 615. The number of aromatic nitrogens is 3. The Balaban J connectivity index is 1.70. The standard InChI is InChI=1S/C17H23N5/c1-13(2)21-6-8-22(9-7-21)17-12-19-16(11-20-17)15-4-5-18-14(3)10-15/h4-5,10-13H,6-9H2,1-3H3. The first kappa shape index (κ1) is 14.9. The Labute approximate surface area is 132 Å². The SMILES string of the molecule is Cc1cc(-c2cnc(N3CCN(C(C)C)CC3)cn2)ccn1. The van der Waals surface area contributed by atoms with E-state index in [1.807, 2.05) is 37.6 Å². The summed E-state index contributed by atoms with van der Waals surface area (Å²) < 4.78 is 0. The third kappa shape index (κ3) is 3.25. The molecule has 0 atom stereocenters. The van der Waals surface area contributed by atoms with Crippen molar-refractivity contribution in [1.82, 2.24) is 19.9 Å².